The Kier molecular flexibility index (Phi) is 9.38. The lowest BCUT2D eigenvalue weighted by molar-refractivity contribution is -0.128. The maximum atomic E-state index is 11.8. The lowest BCUT2D eigenvalue weighted by Gasteiger charge is -2.34. The van der Waals surface area contributed by atoms with Crippen LogP contribution >= 0.6 is 24.0 Å². The molecule has 2 heterocycles. The van der Waals surface area contributed by atoms with Crippen LogP contribution in [-0.4, -0.2) is 48.3 Å². The summed E-state index contributed by atoms with van der Waals surface area (Å²) in [5, 5.41) is 3.53. The van der Waals surface area contributed by atoms with Crippen LogP contribution in [0.1, 0.15) is 42.4 Å². The summed E-state index contributed by atoms with van der Waals surface area (Å²) in [5.41, 5.74) is 3.88. The molecule has 0 atom stereocenters. The molecule has 1 amide bonds. The van der Waals surface area contributed by atoms with E-state index in [2.05, 4.69) is 69.8 Å². The second-order valence-corrected chi connectivity index (χ2v) is 8.76. The first-order valence-corrected chi connectivity index (χ1v) is 11.6. The number of halogens is 1. The molecule has 0 radical (unpaired) electrons. The van der Waals surface area contributed by atoms with Crippen molar-refractivity contribution in [2.24, 2.45) is 10.9 Å². The van der Waals surface area contributed by atoms with Gasteiger partial charge in [-0.25, -0.2) is 0 Å². The minimum Gasteiger partial charge on any atom is -0.352 e. The topological polar surface area (TPSA) is 47.9 Å². The maximum Gasteiger partial charge on any atom is 0.222 e. The Hall–Kier alpha value is -2.09. The zero-order chi connectivity index (χ0) is 21.5. The van der Waals surface area contributed by atoms with E-state index in [9.17, 15) is 4.79 Å². The first kappa shape index (κ1) is 24.6. The molecule has 172 valence electrons. The van der Waals surface area contributed by atoms with Crippen molar-refractivity contribution in [2.45, 2.75) is 45.2 Å². The molecule has 0 aromatic heterocycles. The van der Waals surface area contributed by atoms with Crippen LogP contribution in [0, 0.1) is 5.92 Å². The zero-order valence-electron chi connectivity index (χ0n) is 19.0. The van der Waals surface area contributed by atoms with Gasteiger partial charge in [0.1, 0.15) is 0 Å². The number of likely N-dealkylation sites (tertiary alicyclic amines) is 2. The number of guanidine groups is 1. The van der Waals surface area contributed by atoms with E-state index in [4.69, 9.17) is 0 Å². The normalized spacial score (nSPS) is 17.4. The second kappa shape index (κ2) is 12.2. The first-order valence-electron chi connectivity index (χ1n) is 11.6. The van der Waals surface area contributed by atoms with Gasteiger partial charge in [-0.1, -0.05) is 54.6 Å². The van der Waals surface area contributed by atoms with Gasteiger partial charge in [-0.2, -0.15) is 0 Å². The summed E-state index contributed by atoms with van der Waals surface area (Å²) < 4.78 is 0. The number of benzene rings is 2. The SMILES string of the molecule is CN=C(NCc1ccc(CN2CCCC2=O)cc1)N1CCC(Cc2ccccc2)CC1.I. The zero-order valence-corrected chi connectivity index (χ0v) is 21.3. The van der Waals surface area contributed by atoms with Crippen LogP contribution in [0.4, 0.5) is 0 Å². The number of rotatable bonds is 6. The lowest BCUT2D eigenvalue weighted by atomic mass is 9.90. The maximum absolute atomic E-state index is 11.8. The molecule has 2 aromatic rings. The molecule has 0 spiro atoms. The summed E-state index contributed by atoms with van der Waals surface area (Å²) in [6.07, 6.45) is 5.28. The van der Waals surface area contributed by atoms with Gasteiger partial charge in [-0.3, -0.25) is 9.79 Å². The molecule has 0 saturated carbocycles. The fourth-order valence-corrected chi connectivity index (χ4v) is 4.66. The lowest BCUT2D eigenvalue weighted by Crippen LogP contribution is -2.45. The van der Waals surface area contributed by atoms with Crippen molar-refractivity contribution in [3.05, 3.63) is 71.3 Å². The van der Waals surface area contributed by atoms with E-state index >= 15 is 0 Å². The first-order chi connectivity index (χ1) is 15.2. The van der Waals surface area contributed by atoms with E-state index in [1.807, 2.05) is 11.9 Å². The van der Waals surface area contributed by atoms with Crippen molar-refractivity contribution in [1.29, 1.82) is 0 Å². The molecular weight excluding hydrogens is 511 g/mol. The van der Waals surface area contributed by atoms with Gasteiger partial charge < -0.3 is 15.1 Å². The smallest absolute Gasteiger partial charge is 0.222 e. The summed E-state index contributed by atoms with van der Waals surface area (Å²) in [4.78, 5) is 20.7. The van der Waals surface area contributed by atoms with E-state index in [-0.39, 0.29) is 29.9 Å². The summed E-state index contributed by atoms with van der Waals surface area (Å²) in [6.45, 7) is 4.49. The molecule has 2 aromatic carbocycles. The Morgan fingerprint density at radius 2 is 1.66 bits per heavy atom. The second-order valence-electron chi connectivity index (χ2n) is 8.76. The van der Waals surface area contributed by atoms with E-state index in [0.29, 0.717) is 6.42 Å². The van der Waals surface area contributed by atoms with Gasteiger partial charge in [0.15, 0.2) is 5.96 Å². The minimum absolute atomic E-state index is 0. The number of aliphatic imine (C=N–C) groups is 1. The van der Waals surface area contributed by atoms with Crippen molar-refractivity contribution < 1.29 is 4.79 Å². The van der Waals surface area contributed by atoms with Crippen molar-refractivity contribution in [2.75, 3.05) is 26.7 Å². The molecule has 0 unspecified atom stereocenters. The fourth-order valence-electron chi connectivity index (χ4n) is 4.66. The Labute approximate surface area is 209 Å². The average molecular weight is 546 g/mol. The molecule has 2 aliphatic rings. The Morgan fingerprint density at radius 1 is 0.969 bits per heavy atom. The Bertz CT molecular complexity index is 876. The molecule has 4 rings (SSSR count). The van der Waals surface area contributed by atoms with Gasteiger partial charge >= 0.3 is 0 Å². The number of hydrogen-bond donors (Lipinski definition) is 1. The third-order valence-corrected chi connectivity index (χ3v) is 6.51. The highest BCUT2D eigenvalue weighted by molar-refractivity contribution is 14.0. The average Bonchev–Trinajstić information content (AvgIpc) is 3.21. The van der Waals surface area contributed by atoms with E-state index in [0.717, 1.165) is 51.0 Å². The third-order valence-electron chi connectivity index (χ3n) is 6.51. The highest BCUT2D eigenvalue weighted by Crippen LogP contribution is 2.22. The molecule has 2 saturated heterocycles. The molecule has 32 heavy (non-hydrogen) atoms. The van der Waals surface area contributed by atoms with Gasteiger partial charge in [-0.15, -0.1) is 24.0 Å². The highest BCUT2D eigenvalue weighted by Gasteiger charge is 2.22. The highest BCUT2D eigenvalue weighted by atomic mass is 127. The van der Waals surface area contributed by atoms with Gasteiger partial charge in [0.25, 0.3) is 0 Å². The number of nitrogens with zero attached hydrogens (tertiary/aromatic N) is 3. The molecule has 2 aliphatic heterocycles. The van der Waals surface area contributed by atoms with Gasteiger partial charge in [0.2, 0.25) is 5.91 Å². The van der Waals surface area contributed by atoms with E-state index < -0.39 is 0 Å². The van der Waals surface area contributed by atoms with Crippen LogP contribution in [0.25, 0.3) is 0 Å². The summed E-state index contributed by atoms with van der Waals surface area (Å²) >= 11 is 0. The van der Waals surface area contributed by atoms with Gasteiger partial charge in [0.05, 0.1) is 0 Å². The number of carbonyl (C=O) groups excluding carboxylic acids is 1. The van der Waals surface area contributed by atoms with Crippen molar-refractivity contribution in [3.8, 4) is 0 Å². The van der Waals surface area contributed by atoms with Crippen molar-refractivity contribution >= 4 is 35.8 Å². The molecule has 5 nitrogen and oxygen atoms in total. The predicted octanol–water partition coefficient (Wildman–Crippen LogP) is 4.46. The van der Waals surface area contributed by atoms with E-state index in [1.54, 1.807) is 0 Å². The number of piperidine rings is 1. The van der Waals surface area contributed by atoms with Gasteiger partial charge in [0, 0.05) is 46.2 Å². The third kappa shape index (κ3) is 6.70. The number of carbonyl (C=O) groups is 1. The van der Waals surface area contributed by atoms with Crippen LogP contribution in [-0.2, 0) is 24.3 Å². The largest absolute Gasteiger partial charge is 0.352 e. The number of amides is 1. The monoisotopic (exact) mass is 546 g/mol. The van der Waals surface area contributed by atoms with Crippen molar-refractivity contribution in [1.82, 2.24) is 15.1 Å². The molecule has 1 N–H and O–H groups in total. The molecular formula is C26H35IN4O. The predicted molar refractivity (Wildman–Crippen MR) is 141 cm³/mol. The molecule has 0 aliphatic carbocycles. The Morgan fingerprint density at radius 3 is 2.28 bits per heavy atom. The number of nitrogens with one attached hydrogen (secondary N) is 1. The number of hydrogen-bond acceptors (Lipinski definition) is 2. The summed E-state index contributed by atoms with van der Waals surface area (Å²) in [5.74, 6) is 2.03. The van der Waals surface area contributed by atoms with Crippen LogP contribution < -0.4 is 5.32 Å². The van der Waals surface area contributed by atoms with Crippen LogP contribution in [0.15, 0.2) is 59.6 Å². The Balaban J connectivity index is 0.00000289. The van der Waals surface area contributed by atoms with Crippen LogP contribution in [0.3, 0.4) is 0 Å². The van der Waals surface area contributed by atoms with Crippen LogP contribution in [0.2, 0.25) is 0 Å². The summed E-state index contributed by atoms with van der Waals surface area (Å²) in [6, 6.07) is 19.4. The fraction of sp³-hybridized carbons (Fsp3) is 0.462. The van der Waals surface area contributed by atoms with Crippen molar-refractivity contribution in [3.63, 3.8) is 0 Å². The molecule has 0 bridgehead atoms. The van der Waals surface area contributed by atoms with Gasteiger partial charge in [-0.05, 0) is 48.3 Å². The van der Waals surface area contributed by atoms with E-state index in [1.165, 1.54) is 36.0 Å². The minimum atomic E-state index is 0. The van der Waals surface area contributed by atoms with Crippen LogP contribution in [0.5, 0.6) is 0 Å². The molecule has 2 fully saturated rings. The molecule has 6 heteroatoms. The quantitative estimate of drug-likeness (QED) is 0.331. The summed E-state index contributed by atoms with van der Waals surface area (Å²) in [7, 11) is 1.87. The standard InChI is InChI=1S/C26H34N4O.HI/c1-27-26(29-16-13-22(14-17-29)18-21-6-3-2-4-7-21)28-19-23-9-11-24(12-10-23)20-30-15-5-8-25(30)31;/h2-4,6-7,9-12,22H,5,8,13-20H2,1H3,(H,27,28);1H.